The zero-order chi connectivity index (χ0) is 8.81. The van der Waals surface area contributed by atoms with Crippen molar-refractivity contribution in [3.05, 3.63) is 35.9 Å². The van der Waals surface area contributed by atoms with E-state index >= 15 is 0 Å². The van der Waals surface area contributed by atoms with Crippen LogP contribution in [0.2, 0.25) is 0 Å². The Bertz CT molecular complexity index is 268. The molecule has 0 spiro atoms. The highest BCUT2D eigenvalue weighted by Crippen LogP contribution is 2.16. The molecule has 1 aromatic rings. The smallest absolute Gasteiger partial charge is 0.122 e. The van der Waals surface area contributed by atoms with Crippen molar-refractivity contribution in [3.8, 4) is 5.75 Å². The van der Waals surface area contributed by atoms with E-state index in [1.165, 1.54) is 0 Å². The fraction of sp³-hybridized carbons (Fsp3) is 0.200. The molecule has 0 aliphatic rings. The Hall–Kier alpha value is -0.950. The summed E-state index contributed by atoms with van der Waals surface area (Å²) >= 11 is 5.49. The van der Waals surface area contributed by atoms with Crippen molar-refractivity contribution in [3.63, 3.8) is 0 Å². The van der Waals surface area contributed by atoms with Gasteiger partial charge in [-0.15, -0.1) is 11.6 Å². The standard InChI is InChI=1S/C10H11ClO/c11-8-4-3-6-9-5-1-2-7-10(9)12/h1-3,5-7,12H,4,8H2. The number of hydrogen-bond donors (Lipinski definition) is 1. The Balaban J connectivity index is 2.68. The minimum atomic E-state index is 0.309. The zero-order valence-electron chi connectivity index (χ0n) is 6.70. The van der Waals surface area contributed by atoms with Crippen molar-refractivity contribution >= 4 is 17.7 Å². The summed E-state index contributed by atoms with van der Waals surface area (Å²) in [6.45, 7) is 0. The number of para-hydroxylation sites is 1. The number of alkyl halides is 1. The fourth-order valence-electron chi connectivity index (χ4n) is 0.902. The predicted molar refractivity (Wildman–Crippen MR) is 52.5 cm³/mol. The van der Waals surface area contributed by atoms with Crippen LogP contribution in [-0.2, 0) is 0 Å². The van der Waals surface area contributed by atoms with Gasteiger partial charge in [-0.2, -0.15) is 0 Å². The second kappa shape index (κ2) is 4.83. The van der Waals surface area contributed by atoms with Crippen molar-refractivity contribution in [2.75, 3.05) is 5.88 Å². The normalized spacial score (nSPS) is 10.8. The van der Waals surface area contributed by atoms with Gasteiger partial charge in [0.1, 0.15) is 5.75 Å². The molecule has 0 radical (unpaired) electrons. The molecular formula is C10H11ClO. The van der Waals surface area contributed by atoms with Crippen LogP contribution < -0.4 is 0 Å². The molecule has 0 bridgehead atoms. The highest BCUT2D eigenvalue weighted by Gasteiger charge is 1.92. The van der Waals surface area contributed by atoms with Crippen LogP contribution in [0.1, 0.15) is 12.0 Å². The minimum Gasteiger partial charge on any atom is -0.507 e. The van der Waals surface area contributed by atoms with Gasteiger partial charge in [0.2, 0.25) is 0 Å². The number of aromatic hydroxyl groups is 1. The molecule has 64 valence electrons. The Morgan fingerprint density at radius 2 is 2.08 bits per heavy atom. The molecule has 0 amide bonds. The SMILES string of the molecule is Oc1ccccc1C=CCCCl. The summed E-state index contributed by atoms with van der Waals surface area (Å²) in [5.74, 6) is 0.924. The van der Waals surface area contributed by atoms with Gasteiger partial charge in [-0.25, -0.2) is 0 Å². The third kappa shape index (κ3) is 2.59. The molecule has 1 aromatic carbocycles. The molecule has 0 fully saturated rings. The molecule has 0 unspecified atom stereocenters. The first-order valence-corrected chi connectivity index (χ1v) is 4.38. The topological polar surface area (TPSA) is 20.2 Å². The third-order valence-electron chi connectivity index (χ3n) is 1.51. The summed E-state index contributed by atoms with van der Waals surface area (Å²) < 4.78 is 0. The van der Waals surface area contributed by atoms with Gasteiger partial charge in [-0.3, -0.25) is 0 Å². The maximum Gasteiger partial charge on any atom is 0.122 e. The van der Waals surface area contributed by atoms with Crippen molar-refractivity contribution in [2.24, 2.45) is 0 Å². The molecule has 0 saturated heterocycles. The van der Waals surface area contributed by atoms with E-state index in [9.17, 15) is 5.11 Å². The maximum atomic E-state index is 9.33. The summed E-state index contributed by atoms with van der Waals surface area (Å²) in [5, 5.41) is 9.33. The molecule has 12 heavy (non-hydrogen) atoms. The summed E-state index contributed by atoms with van der Waals surface area (Å²) in [6, 6.07) is 7.22. The molecule has 0 aliphatic carbocycles. The molecule has 1 N–H and O–H groups in total. The Kier molecular flexibility index (Phi) is 3.68. The van der Waals surface area contributed by atoms with E-state index in [-0.39, 0.29) is 0 Å². The number of benzene rings is 1. The fourth-order valence-corrected chi connectivity index (χ4v) is 1.03. The molecular weight excluding hydrogens is 172 g/mol. The number of hydrogen-bond acceptors (Lipinski definition) is 1. The quantitative estimate of drug-likeness (QED) is 0.713. The predicted octanol–water partition coefficient (Wildman–Crippen LogP) is 3.03. The van der Waals surface area contributed by atoms with Crippen molar-refractivity contribution in [1.29, 1.82) is 0 Å². The molecule has 1 nitrogen and oxygen atoms in total. The second-order valence-electron chi connectivity index (χ2n) is 2.44. The Labute approximate surface area is 77.3 Å². The monoisotopic (exact) mass is 182 g/mol. The second-order valence-corrected chi connectivity index (χ2v) is 2.82. The van der Waals surface area contributed by atoms with Crippen molar-refractivity contribution in [2.45, 2.75) is 6.42 Å². The number of halogens is 1. The Morgan fingerprint density at radius 3 is 2.75 bits per heavy atom. The largest absolute Gasteiger partial charge is 0.507 e. The third-order valence-corrected chi connectivity index (χ3v) is 1.73. The Morgan fingerprint density at radius 1 is 1.33 bits per heavy atom. The van der Waals surface area contributed by atoms with Crippen LogP contribution in [0.15, 0.2) is 30.3 Å². The van der Waals surface area contributed by atoms with Gasteiger partial charge < -0.3 is 5.11 Å². The zero-order valence-corrected chi connectivity index (χ0v) is 7.46. The number of phenolic OH excluding ortho intramolecular Hbond substituents is 1. The first-order valence-electron chi connectivity index (χ1n) is 3.85. The van der Waals surface area contributed by atoms with Crippen LogP contribution in [0.25, 0.3) is 6.08 Å². The van der Waals surface area contributed by atoms with Crippen LogP contribution in [0, 0.1) is 0 Å². The van der Waals surface area contributed by atoms with E-state index in [2.05, 4.69) is 0 Å². The van der Waals surface area contributed by atoms with Gasteiger partial charge in [-0.1, -0.05) is 30.4 Å². The minimum absolute atomic E-state index is 0.309. The van der Waals surface area contributed by atoms with E-state index in [0.717, 1.165) is 12.0 Å². The van der Waals surface area contributed by atoms with Crippen LogP contribution in [-0.4, -0.2) is 11.0 Å². The van der Waals surface area contributed by atoms with E-state index in [1.54, 1.807) is 12.1 Å². The lowest BCUT2D eigenvalue weighted by Gasteiger charge is -1.95. The van der Waals surface area contributed by atoms with Crippen LogP contribution in [0.4, 0.5) is 0 Å². The van der Waals surface area contributed by atoms with Crippen LogP contribution in [0.3, 0.4) is 0 Å². The molecule has 0 aromatic heterocycles. The van der Waals surface area contributed by atoms with E-state index in [1.807, 2.05) is 24.3 Å². The number of allylic oxidation sites excluding steroid dienone is 1. The average molecular weight is 183 g/mol. The first kappa shape index (κ1) is 9.14. The van der Waals surface area contributed by atoms with E-state index in [0.29, 0.717) is 11.6 Å². The van der Waals surface area contributed by atoms with Crippen LogP contribution in [0.5, 0.6) is 5.75 Å². The lowest BCUT2D eigenvalue weighted by Crippen LogP contribution is -1.73. The molecule has 0 saturated carbocycles. The van der Waals surface area contributed by atoms with Crippen LogP contribution >= 0.6 is 11.6 Å². The molecule has 0 atom stereocenters. The van der Waals surface area contributed by atoms with Gasteiger partial charge in [-0.05, 0) is 12.5 Å². The lowest BCUT2D eigenvalue weighted by molar-refractivity contribution is 0.474. The highest BCUT2D eigenvalue weighted by atomic mass is 35.5. The van der Waals surface area contributed by atoms with E-state index in [4.69, 9.17) is 11.6 Å². The average Bonchev–Trinajstić information content (AvgIpc) is 2.09. The highest BCUT2D eigenvalue weighted by molar-refractivity contribution is 6.17. The van der Waals surface area contributed by atoms with Gasteiger partial charge in [0.05, 0.1) is 0 Å². The molecule has 0 aliphatic heterocycles. The van der Waals surface area contributed by atoms with E-state index < -0.39 is 0 Å². The van der Waals surface area contributed by atoms with Gasteiger partial charge >= 0.3 is 0 Å². The molecule has 1 rings (SSSR count). The first-order chi connectivity index (χ1) is 5.84. The van der Waals surface area contributed by atoms with Gasteiger partial charge in [0, 0.05) is 11.4 Å². The molecule has 0 heterocycles. The number of phenols is 1. The summed E-state index contributed by atoms with van der Waals surface area (Å²) in [7, 11) is 0. The molecule has 2 heteroatoms. The maximum absolute atomic E-state index is 9.33. The summed E-state index contributed by atoms with van der Waals surface area (Å²) in [6.07, 6.45) is 4.65. The summed E-state index contributed by atoms with van der Waals surface area (Å²) in [5.41, 5.74) is 0.836. The lowest BCUT2D eigenvalue weighted by atomic mass is 10.2. The van der Waals surface area contributed by atoms with Gasteiger partial charge in [0.15, 0.2) is 0 Å². The number of rotatable bonds is 3. The summed E-state index contributed by atoms with van der Waals surface area (Å²) in [4.78, 5) is 0. The van der Waals surface area contributed by atoms with Gasteiger partial charge in [0.25, 0.3) is 0 Å². The van der Waals surface area contributed by atoms with Crippen molar-refractivity contribution < 1.29 is 5.11 Å². The van der Waals surface area contributed by atoms with Crippen molar-refractivity contribution in [1.82, 2.24) is 0 Å².